The quantitative estimate of drug-likeness (QED) is 0.856. The molecule has 0 saturated carbocycles. The van der Waals surface area contributed by atoms with Crippen molar-refractivity contribution in [1.82, 2.24) is 15.2 Å². The van der Waals surface area contributed by atoms with E-state index in [1.165, 1.54) is 0 Å². The molecular weight excluding hydrogens is 238 g/mol. The monoisotopic (exact) mass is 263 g/mol. The zero-order chi connectivity index (χ0) is 14.3. The first-order valence-electron chi connectivity index (χ1n) is 6.84. The van der Waals surface area contributed by atoms with Crippen LogP contribution in [-0.4, -0.2) is 34.4 Å². The molecule has 0 fully saturated rings. The van der Waals surface area contributed by atoms with Gasteiger partial charge in [-0.05, 0) is 45.4 Å². The van der Waals surface area contributed by atoms with E-state index in [2.05, 4.69) is 31.1 Å². The molecule has 0 aromatic carbocycles. The second-order valence-corrected chi connectivity index (χ2v) is 5.69. The minimum atomic E-state index is 0.0580. The largest absolute Gasteiger partial charge is 0.339 e. The number of hydrogen-bond donors (Lipinski definition) is 1. The van der Waals surface area contributed by atoms with E-state index in [0.717, 1.165) is 18.7 Å². The summed E-state index contributed by atoms with van der Waals surface area (Å²) in [6.07, 6.45) is 4.06. The van der Waals surface area contributed by atoms with Crippen molar-refractivity contribution in [3.05, 3.63) is 30.1 Å². The van der Waals surface area contributed by atoms with Crippen LogP contribution in [0.1, 0.15) is 39.7 Å². The highest BCUT2D eigenvalue weighted by Gasteiger charge is 2.14. The molecule has 0 aliphatic carbocycles. The SMILES string of the molecule is CCN(Cc1ccncc1)C(=O)CCNC(C)(C)C. The van der Waals surface area contributed by atoms with E-state index in [1.54, 1.807) is 12.4 Å². The van der Waals surface area contributed by atoms with Crippen LogP contribution in [0.25, 0.3) is 0 Å². The fourth-order valence-electron chi connectivity index (χ4n) is 1.79. The first kappa shape index (κ1) is 15.6. The Hall–Kier alpha value is -1.42. The van der Waals surface area contributed by atoms with Gasteiger partial charge in [-0.3, -0.25) is 9.78 Å². The van der Waals surface area contributed by atoms with Crippen LogP contribution in [0.3, 0.4) is 0 Å². The predicted octanol–water partition coefficient (Wildman–Crippen LogP) is 2.21. The third-order valence-electron chi connectivity index (χ3n) is 2.85. The van der Waals surface area contributed by atoms with E-state index in [9.17, 15) is 4.79 Å². The molecule has 0 bridgehead atoms. The fraction of sp³-hybridized carbons (Fsp3) is 0.600. The number of carbonyl (C=O) groups excluding carboxylic acids is 1. The van der Waals surface area contributed by atoms with Gasteiger partial charge < -0.3 is 10.2 Å². The second kappa shape index (κ2) is 7.24. The van der Waals surface area contributed by atoms with Crippen LogP contribution in [0, 0.1) is 0 Å². The summed E-state index contributed by atoms with van der Waals surface area (Å²) in [6.45, 7) is 10.4. The Labute approximate surface area is 116 Å². The second-order valence-electron chi connectivity index (χ2n) is 5.69. The van der Waals surface area contributed by atoms with Gasteiger partial charge in [-0.1, -0.05) is 0 Å². The fourth-order valence-corrected chi connectivity index (χ4v) is 1.79. The van der Waals surface area contributed by atoms with Crippen LogP contribution in [0.15, 0.2) is 24.5 Å². The van der Waals surface area contributed by atoms with Crippen LogP contribution >= 0.6 is 0 Å². The summed E-state index contributed by atoms with van der Waals surface area (Å²) in [5, 5.41) is 3.34. The number of nitrogens with zero attached hydrogens (tertiary/aromatic N) is 2. The molecule has 1 amide bonds. The zero-order valence-electron chi connectivity index (χ0n) is 12.4. The van der Waals surface area contributed by atoms with Crippen molar-refractivity contribution in [3.8, 4) is 0 Å². The predicted molar refractivity (Wildman–Crippen MR) is 77.7 cm³/mol. The lowest BCUT2D eigenvalue weighted by molar-refractivity contribution is -0.131. The molecule has 4 nitrogen and oxygen atoms in total. The number of amides is 1. The van der Waals surface area contributed by atoms with Gasteiger partial charge in [0.2, 0.25) is 5.91 Å². The Morgan fingerprint density at radius 3 is 2.47 bits per heavy atom. The molecule has 4 heteroatoms. The first-order chi connectivity index (χ1) is 8.92. The minimum absolute atomic E-state index is 0.0580. The van der Waals surface area contributed by atoms with E-state index >= 15 is 0 Å². The van der Waals surface area contributed by atoms with Crippen molar-refractivity contribution in [3.63, 3.8) is 0 Å². The Morgan fingerprint density at radius 1 is 1.32 bits per heavy atom. The molecule has 0 spiro atoms. The molecule has 0 aliphatic rings. The van der Waals surface area contributed by atoms with Crippen LogP contribution in [0.5, 0.6) is 0 Å². The molecule has 106 valence electrons. The highest BCUT2D eigenvalue weighted by Crippen LogP contribution is 2.05. The van der Waals surface area contributed by atoms with E-state index in [0.29, 0.717) is 13.0 Å². The number of aromatic nitrogens is 1. The van der Waals surface area contributed by atoms with Gasteiger partial charge in [0.15, 0.2) is 0 Å². The average molecular weight is 263 g/mol. The van der Waals surface area contributed by atoms with Gasteiger partial charge in [0.25, 0.3) is 0 Å². The summed E-state index contributed by atoms with van der Waals surface area (Å²) >= 11 is 0. The molecule has 0 saturated heterocycles. The lowest BCUT2D eigenvalue weighted by atomic mass is 10.1. The summed E-state index contributed by atoms with van der Waals surface area (Å²) < 4.78 is 0. The third kappa shape index (κ3) is 6.34. The molecule has 1 aromatic rings. The van der Waals surface area contributed by atoms with E-state index in [1.807, 2.05) is 24.0 Å². The molecule has 0 unspecified atom stereocenters. The van der Waals surface area contributed by atoms with Crippen molar-refractivity contribution in [1.29, 1.82) is 0 Å². The van der Waals surface area contributed by atoms with Crippen molar-refractivity contribution in [2.75, 3.05) is 13.1 Å². The molecular formula is C15H25N3O. The Morgan fingerprint density at radius 2 is 1.95 bits per heavy atom. The molecule has 1 aromatic heterocycles. The van der Waals surface area contributed by atoms with Gasteiger partial charge in [0.1, 0.15) is 0 Å². The van der Waals surface area contributed by atoms with E-state index in [4.69, 9.17) is 0 Å². The van der Waals surface area contributed by atoms with Crippen molar-refractivity contribution in [2.45, 2.75) is 46.2 Å². The van der Waals surface area contributed by atoms with Crippen LogP contribution in [-0.2, 0) is 11.3 Å². The average Bonchev–Trinajstić information content (AvgIpc) is 2.35. The summed E-state index contributed by atoms with van der Waals surface area (Å²) in [7, 11) is 0. The molecule has 1 N–H and O–H groups in total. The molecule has 0 aliphatic heterocycles. The normalized spacial score (nSPS) is 11.4. The molecule has 1 rings (SSSR count). The van der Waals surface area contributed by atoms with Crippen molar-refractivity contribution >= 4 is 5.91 Å². The third-order valence-corrected chi connectivity index (χ3v) is 2.85. The molecule has 1 heterocycles. The van der Waals surface area contributed by atoms with Crippen LogP contribution in [0.2, 0.25) is 0 Å². The van der Waals surface area contributed by atoms with Gasteiger partial charge in [0, 0.05) is 44.0 Å². The van der Waals surface area contributed by atoms with Gasteiger partial charge in [-0.2, -0.15) is 0 Å². The van der Waals surface area contributed by atoms with Crippen LogP contribution in [0.4, 0.5) is 0 Å². The molecule has 0 atom stereocenters. The van der Waals surface area contributed by atoms with Gasteiger partial charge in [-0.15, -0.1) is 0 Å². The highest BCUT2D eigenvalue weighted by atomic mass is 16.2. The number of pyridine rings is 1. The number of rotatable bonds is 6. The van der Waals surface area contributed by atoms with Gasteiger partial charge >= 0.3 is 0 Å². The molecule has 0 radical (unpaired) electrons. The maximum atomic E-state index is 12.1. The standard InChI is InChI=1S/C15H25N3O/c1-5-18(12-13-6-9-16-10-7-13)14(19)8-11-17-15(2,3)4/h6-7,9-10,17H,5,8,11-12H2,1-4H3. The number of carbonyl (C=O) groups is 1. The first-order valence-corrected chi connectivity index (χ1v) is 6.84. The topological polar surface area (TPSA) is 45.2 Å². The summed E-state index contributed by atoms with van der Waals surface area (Å²) in [5.74, 6) is 0.191. The Bertz CT molecular complexity index is 384. The van der Waals surface area contributed by atoms with Gasteiger partial charge in [0.05, 0.1) is 0 Å². The summed E-state index contributed by atoms with van der Waals surface area (Å²) in [6, 6.07) is 3.90. The van der Waals surface area contributed by atoms with Gasteiger partial charge in [-0.25, -0.2) is 0 Å². The Kier molecular flexibility index (Phi) is 5.96. The Balaban J connectivity index is 2.44. The highest BCUT2D eigenvalue weighted by molar-refractivity contribution is 5.76. The van der Waals surface area contributed by atoms with Crippen molar-refractivity contribution in [2.24, 2.45) is 0 Å². The van der Waals surface area contributed by atoms with Crippen LogP contribution < -0.4 is 5.32 Å². The summed E-state index contributed by atoms with van der Waals surface area (Å²) in [5.41, 5.74) is 1.18. The lowest BCUT2D eigenvalue weighted by Gasteiger charge is -2.24. The van der Waals surface area contributed by atoms with E-state index in [-0.39, 0.29) is 11.4 Å². The molecule has 19 heavy (non-hydrogen) atoms. The maximum absolute atomic E-state index is 12.1. The number of hydrogen-bond acceptors (Lipinski definition) is 3. The lowest BCUT2D eigenvalue weighted by Crippen LogP contribution is -2.39. The maximum Gasteiger partial charge on any atom is 0.224 e. The zero-order valence-corrected chi connectivity index (χ0v) is 12.4. The van der Waals surface area contributed by atoms with Crippen molar-refractivity contribution < 1.29 is 4.79 Å². The minimum Gasteiger partial charge on any atom is -0.339 e. The number of nitrogens with one attached hydrogen (secondary N) is 1. The smallest absolute Gasteiger partial charge is 0.224 e. The van der Waals surface area contributed by atoms with E-state index < -0.39 is 0 Å². The summed E-state index contributed by atoms with van der Waals surface area (Å²) in [4.78, 5) is 18.0.